The Morgan fingerprint density at radius 2 is 2.00 bits per heavy atom. The van der Waals surface area contributed by atoms with Crippen LogP contribution >= 0.6 is 28.1 Å². The summed E-state index contributed by atoms with van der Waals surface area (Å²) in [7, 11) is 0. The molecule has 23 heavy (non-hydrogen) atoms. The number of carbonyl (C=O) groups is 1. The molecule has 4 N–H and O–H groups in total. The second kappa shape index (κ2) is 9.82. The summed E-state index contributed by atoms with van der Waals surface area (Å²) in [6.07, 6.45) is 1.02. The first-order valence-corrected chi connectivity index (χ1v) is 8.87. The zero-order valence-corrected chi connectivity index (χ0v) is 15.3. The van der Waals surface area contributed by atoms with Crippen molar-refractivity contribution in [2.45, 2.75) is 6.42 Å². The Bertz CT molecular complexity index is 538. The first kappa shape index (κ1) is 18.1. The van der Waals surface area contributed by atoms with E-state index in [9.17, 15) is 4.79 Å². The molecule has 1 fully saturated rings. The van der Waals surface area contributed by atoms with Crippen molar-refractivity contribution in [3.05, 3.63) is 34.3 Å². The monoisotopic (exact) mass is 401 g/mol. The summed E-state index contributed by atoms with van der Waals surface area (Å²) in [5.74, 6) is -0.237. The molecular weight excluding hydrogens is 380 g/mol. The minimum Gasteiger partial charge on any atom is -0.370 e. The van der Waals surface area contributed by atoms with Gasteiger partial charge >= 0.3 is 0 Å². The maximum Gasteiger partial charge on any atom is 0.270 e. The molecule has 8 heteroatoms. The predicted octanol–water partition coefficient (Wildman–Crippen LogP) is -0.137. The summed E-state index contributed by atoms with van der Waals surface area (Å²) >= 11 is 8.49. The molecule has 0 saturated carbocycles. The van der Waals surface area contributed by atoms with Gasteiger partial charge in [0.1, 0.15) is 13.1 Å². The van der Waals surface area contributed by atoms with E-state index in [1.165, 1.54) is 0 Å². The predicted molar refractivity (Wildman–Crippen MR) is 96.3 cm³/mol. The van der Waals surface area contributed by atoms with Gasteiger partial charge in [-0.05, 0) is 40.3 Å². The van der Waals surface area contributed by atoms with E-state index in [-0.39, 0.29) is 5.91 Å². The van der Waals surface area contributed by atoms with Crippen molar-refractivity contribution < 1.29 is 14.4 Å². The lowest BCUT2D eigenvalue weighted by Gasteiger charge is -2.23. The van der Waals surface area contributed by atoms with Gasteiger partial charge in [-0.1, -0.05) is 12.1 Å². The van der Waals surface area contributed by atoms with Crippen LogP contribution in [0.15, 0.2) is 28.7 Å². The quantitative estimate of drug-likeness (QED) is 0.314. The standard InChI is InChI=1S/C15H21BrN4O2S/c16-13-5-2-1-4-12(13)14(21)18-19-15(23)17-6-3-7-20-8-10-22-11-9-20/h1-2,4-5H,3,6-11H2,(H,18,21)(H2,17,19,23)/p+1. The second-order valence-corrected chi connectivity index (χ2v) is 6.54. The number of thiocarbonyl (C=S) groups is 1. The molecule has 0 aromatic heterocycles. The van der Waals surface area contributed by atoms with Crippen molar-refractivity contribution in [1.82, 2.24) is 16.2 Å². The summed E-state index contributed by atoms with van der Waals surface area (Å²) in [6.45, 7) is 5.73. The number of amides is 1. The number of ether oxygens (including phenoxy) is 1. The number of hydrazine groups is 1. The fraction of sp³-hybridized carbons (Fsp3) is 0.467. The van der Waals surface area contributed by atoms with Crippen LogP contribution in [0, 0.1) is 0 Å². The van der Waals surface area contributed by atoms with Gasteiger partial charge in [0.25, 0.3) is 5.91 Å². The van der Waals surface area contributed by atoms with Crippen LogP contribution in [0.5, 0.6) is 0 Å². The van der Waals surface area contributed by atoms with Crippen molar-refractivity contribution in [2.24, 2.45) is 0 Å². The highest BCUT2D eigenvalue weighted by atomic mass is 79.9. The Morgan fingerprint density at radius 1 is 1.26 bits per heavy atom. The van der Waals surface area contributed by atoms with Crippen molar-refractivity contribution in [3.63, 3.8) is 0 Å². The first-order chi connectivity index (χ1) is 11.2. The molecule has 1 heterocycles. The van der Waals surface area contributed by atoms with E-state index >= 15 is 0 Å². The first-order valence-electron chi connectivity index (χ1n) is 7.67. The van der Waals surface area contributed by atoms with Crippen LogP contribution in [0.25, 0.3) is 0 Å². The summed E-state index contributed by atoms with van der Waals surface area (Å²) in [4.78, 5) is 13.6. The van der Waals surface area contributed by atoms with E-state index in [1.54, 1.807) is 11.0 Å². The van der Waals surface area contributed by atoms with E-state index in [1.807, 2.05) is 18.2 Å². The normalized spacial score (nSPS) is 15.0. The molecule has 0 radical (unpaired) electrons. The number of quaternary nitrogens is 1. The number of rotatable bonds is 5. The number of hydrogen-bond donors (Lipinski definition) is 4. The topological polar surface area (TPSA) is 66.8 Å². The smallest absolute Gasteiger partial charge is 0.270 e. The van der Waals surface area contributed by atoms with Gasteiger partial charge in [0.2, 0.25) is 0 Å². The summed E-state index contributed by atoms with van der Waals surface area (Å²) in [6, 6.07) is 7.23. The third kappa shape index (κ3) is 6.42. The highest BCUT2D eigenvalue weighted by Crippen LogP contribution is 2.14. The third-order valence-electron chi connectivity index (χ3n) is 3.60. The average molecular weight is 402 g/mol. The fourth-order valence-corrected chi connectivity index (χ4v) is 2.94. The minimum absolute atomic E-state index is 0.237. The van der Waals surface area contributed by atoms with Gasteiger partial charge < -0.3 is 15.0 Å². The third-order valence-corrected chi connectivity index (χ3v) is 4.54. The van der Waals surface area contributed by atoms with Gasteiger partial charge in [-0.3, -0.25) is 15.6 Å². The number of halogens is 1. The molecule has 1 aromatic carbocycles. The zero-order valence-electron chi connectivity index (χ0n) is 12.9. The van der Waals surface area contributed by atoms with Crippen LogP contribution in [0.2, 0.25) is 0 Å². The van der Waals surface area contributed by atoms with Crippen molar-refractivity contribution in [2.75, 3.05) is 39.4 Å². The lowest BCUT2D eigenvalue weighted by molar-refractivity contribution is -0.908. The number of benzene rings is 1. The van der Waals surface area contributed by atoms with E-state index in [0.29, 0.717) is 10.7 Å². The lowest BCUT2D eigenvalue weighted by Crippen LogP contribution is -3.14. The van der Waals surface area contributed by atoms with Gasteiger partial charge in [0.15, 0.2) is 5.11 Å². The number of morpholine rings is 1. The number of carbonyl (C=O) groups excluding carboxylic acids is 1. The largest absolute Gasteiger partial charge is 0.370 e. The molecule has 1 aromatic rings. The Kier molecular flexibility index (Phi) is 7.73. The van der Waals surface area contributed by atoms with Crippen LogP contribution < -0.4 is 21.1 Å². The van der Waals surface area contributed by atoms with Crippen molar-refractivity contribution in [1.29, 1.82) is 0 Å². The van der Waals surface area contributed by atoms with Crippen molar-refractivity contribution >= 4 is 39.2 Å². The van der Waals surface area contributed by atoms with Crippen LogP contribution in [0.1, 0.15) is 16.8 Å². The maximum atomic E-state index is 12.0. The summed E-state index contributed by atoms with van der Waals surface area (Å²) in [5, 5.41) is 3.51. The summed E-state index contributed by atoms with van der Waals surface area (Å²) in [5.41, 5.74) is 5.86. The van der Waals surface area contributed by atoms with E-state index in [2.05, 4.69) is 32.1 Å². The Labute approximate surface area is 150 Å². The SMILES string of the molecule is O=C(NNC(=S)NCCC[NH+]1CCOCC1)c1ccccc1Br. The van der Waals surface area contributed by atoms with Gasteiger partial charge in [-0.15, -0.1) is 0 Å². The van der Waals surface area contributed by atoms with E-state index in [0.717, 1.165) is 50.3 Å². The molecule has 0 atom stereocenters. The molecule has 126 valence electrons. The van der Waals surface area contributed by atoms with Gasteiger partial charge in [0, 0.05) is 17.4 Å². The fourth-order valence-electron chi connectivity index (χ4n) is 2.32. The molecule has 0 spiro atoms. The van der Waals surface area contributed by atoms with Crippen molar-refractivity contribution in [3.8, 4) is 0 Å². The average Bonchev–Trinajstić information content (AvgIpc) is 2.58. The van der Waals surface area contributed by atoms with E-state index < -0.39 is 0 Å². The molecule has 1 aliphatic rings. The second-order valence-electron chi connectivity index (χ2n) is 5.28. The van der Waals surface area contributed by atoms with E-state index in [4.69, 9.17) is 17.0 Å². The van der Waals surface area contributed by atoms with Gasteiger partial charge in [-0.2, -0.15) is 0 Å². The molecule has 1 amide bonds. The molecule has 0 aliphatic carbocycles. The number of nitrogens with one attached hydrogen (secondary N) is 4. The number of hydrogen-bond acceptors (Lipinski definition) is 3. The Morgan fingerprint density at radius 3 is 2.74 bits per heavy atom. The molecular formula is C15H22BrN4O2S+. The lowest BCUT2D eigenvalue weighted by atomic mass is 10.2. The molecule has 0 unspecified atom stereocenters. The van der Waals surface area contributed by atoms with Crippen LogP contribution in [0.4, 0.5) is 0 Å². The highest BCUT2D eigenvalue weighted by molar-refractivity contribution is 9.10. The molecule has 0 bridgehead atoms. The zero-order chi connectivity index (χ0) is 16.5. The van der Waals surface area contributed by atoms with Gasteiger partial charge in [0.05, 0.1) is 25.3 Å². The maximum absolute atomic E-state index is 12.0. The molecule has 1 aliphatic heterocycles. The Balaban J connectivity index is 1.59. The van der Waals surface area contributed by atoms with Crippen LogP contribution in [-0.4, -0.2) is 50.4 Å². The van der Waals surface area contributed by atoms with Crippen LogP contribution in [-0.2, 0) is 4.74 Å². The molecule has 2 rings (SSSR count). The molecule has 1 saturated heterocycles. The van der Waals surface area contributed by atoms with Gasteiger partial charge in [-0.25, -0.2) is 0 Å². The minimum atomic E-state index is -0.237. The summed E-state index contributed by atoms with van der Waals surface area (Å²) < 4.78 is 6.07. The Hall–Kier alpha value is -1.22. The van der Waals surface area contributed by atoms with Crippen LogP contribution in [0.3, 0.4) is 0 Å². The molecule has 6 nitrogen and oxygen atoms in total. The highest BCUT2D eigenvalue weighted by Gasteiger charge is 2.13.